The lowest BCUT2D eigenvalue weighted by Gasteiger charge is -2.22. The summed E-state index contributed by atoms with van der Waals surface area (Å²) in [5, 5.41) is 7.82. The van der Waals surface area contributed by atoms with Crippen LogP contribution in [0.25, 0.3) is 5.69 Å². The molecule has 3 rings (SSSR count). The second-order valence-corrected chi connectivity index (χ2v) is 6.23. The van der Waals surface area contributed by atoms with Gasteiger partial charge in [-0.15, -0.1) is 0 Å². The quantitative estimate of drug-likeness (QED) is 0.540. The summed E-state index contributed by atoms with van der Waals surface area (Å²) >= 11 is 0. The minimum Gasteiger partial charge on any atom is -0.497 e. The van der Waals surface area contributed by atoms with Crippen LogP contribution in [-0.2, 0) is 13.1 Å². The predicted molar refractivity (Wildman–Crippen MR) is 108 cm³/mol. The molecule has 1 N–H and O–H groups in total. The summed E-state index contributed by atoms with van der Waals surface area (Å²) in [7, 11) is 5.49. The highest BCUT2D eigenvalue weighted by Gasteiger charge is 2.08. The first-order valence-electron chi connectivity index (χ1n) is 8.83. The molecular formula is C21H25N5O. The van der Waals surface area contributed by atoms with E-state index in [-0.39, 0.29) is 0 Å². The van der Waals surface area contributed by atoms with Crippen molar-refractivity contribution in [3.05, 3.63) is 78.1 Å². The van der Waals surface area contributed by atoms with Crippen LogP contribution in [0.3, 0.4) is 0 Å². The van der Waals surface area contributed by atoms with Gasteiger partial charge in [-0.2, -0.15) is 5.10 Å². The van der Waals surface area contributed by atoms with Crippen molar-refractivity contribution in [1.82, 2.24) is 20.0 Å². The van der Waals surface area contributed by atoms with Gasteiger partial charge in [0.05, 0.1) is 19.0 Å². The second-order valence-electron chi connectivity index (χ2n) is 6.23. The summed E-state index contributed by atoms with van der Waals surface area (Å²) in [5.41, 5.74) is 3.33. The fourth-order valence-electron chi connectivity index (χ4n) is 2.82. The SMILES string of the molecule is CN=C(NCc1cnn(-c2ccccc2)c1)N(C)Cc1ccc(OC)cc1. The van der Waals surface area contributed by atoms with E-state index in [1.807, 2.05) is 66.6 Å². The Hall–Kier alpha value is -3.28. The average molecular weight is 363 g/mol. The highest BCUT2D eigenvalue weighted by atomic mass is 16.5. The third kappa shape index (κ3) is 4.88. The van der Waals surface area contributed by atoms with Gasteiger partial charge < -0.3 is 15.0 Å². The Labute approximate surface area is 160 Å². The maximum atomic E-state index is 5.21. The molecule has 2 aromatic carbocycles. The number of ether oxygens (including phenoxy) is 1. The van der Waals surface area contributed by atoms with Gasteiger partial charge in [-0.1, -0.05) is 30.3 Å². The molecule has 0 aliphatic carbocycles. The van der Waals surface area contributed by atoms with Crippen molar-refractivity contribution < 1.29 is 4.74 Å². The van der Waals surface area contributed by atoms with Gasteiger partial charge in [-0.3, -0.25) is 4.99 Å². The van der Waals surface area contributed by atoms with E-state index in [2.05, 4.69) is 32.4 Å². The number of aliphatic imine (C=N–C) groups is 1. The van der Waals surface area contributed by atoms with E-state index in [0.717, 1.165) is 29.5 Å². The molecule has 6 nitrogen and oxygen atoms in total. The van der Waals surface area contributed by atoms with Crippen molar-refractivity contribution in [3.8, 4) is 11.4 Å². The zero-order chi connectivity index (χ0) is 19.1. The predicted octanol–water partition coefficient (Wildman–Crippen LogP) is 3.09. The number of hydrogen-bond donors (Lipinski definition) is 1. The summed E-state index contributed by atoms with van der Waals surface area (Å²) in [5.74, 6) is 1.69. The molecule has 0 saturated heterocycles. The van der Waals surface area contributed by atoms with E-state index < -0.39 is 0 Å². The van der Waals surface area contributed by atoms with Gasteiger partial charge >= 0.3 is 0 Å². The van der Waals surface area contributed by atoms with Crippen molar-refractivity contribution in [3.63, 3.8) is 0 Å². The fourth-order valence-corrected chi connectivity index (χ4v) is 2.82. The molecule has 0 saturated carbocycles. The number of benzene rings is 2. The Morgan fingerprint density at radius 1 is 1.11 bits per heavy atom. The number of rotatable bonds is 6. The molecule has 0 aliphatic rings. The third-order valence-electron chi connectivity index (χ3n) is 4.26. The van der Waals surface area contributed by atoms with Crippen LogP contribution in [0.2, 0.25) is 0 Å². The summed E-state index contributed by atoms with van der Waals surface area (Å²) in [6, 6.07) is 18.1. The first-order valence-corrected chi connectivity index (χ1v) is 8.83. The molecule has 0 unspecified atom stereocenters. The van der Waals surface area contributed by atoms with E-state index in [1.54, 1.807) is 14.2 Å². The van der Waals surface area contributed by atoms with Crippen LogP contribution in [0.4, 0.5) is 0 Å². The normalized spacial score (nSPS) is 11.3. The molecule has 3 aromatic rings. The highest BCUT2D eigenvalue weighted by molar-refractivity contribution is 5.79. The topological polar surface area (TPSA) is 54.7 Å². The summed E-state index contributed by atoms with van der Waals surface area (Å²) in [4.78, 5) is 6.46. The zero-order valence-corrected chi connectivity index (χ0v) is 16.0. The van der Waals surface area contributed by atoms with E-state index >= 15 is 0 Å². The van der Waals surface area contributed by atoms with Crippen molar-refractivity contribution in [2.24, 2.45) is 4.99 Å². The lowest BCUT2D eigenvalue weighted by Crippen LogP contribution is -2.37. The monoisotopic (exact) mass is 363 g/mol. The zero-order valence-electron chi connectivity index (χ0n) is 16.0. The molecule has 0 bridgehead atoms. The molecule has 27 heavy (non-hydrogen) atoms. The lowest BCUT2D eigenvalue weighted by molar-refractivity contribution is 0.414. The van der Waals surface area contributed by atoms with Gasteiger partial charge in [-0.25, -0.2) is 4.68 Å². The average Bonchev–Trinajstić information content (AvgIpc) is 3.19. The van der Waals surface area contributed by atoms with Gasteiger partial charge in [0.2, 0.25) is 0 Å². The minimum atomic E-state index is 0.659. The molecule has 0 spiro atoms. The molecule has 140 valence electrons. The van der Waals surface area contributed by atoms with E-state index in [9.17, 15) is 0 Å². The number of nitrogens with zero attached hydrogens (tertiary/aromatic N) is 4. The molecule has 0 fully saturated rings. The van der Waals surface area contributed by atoms with Crippen molar-refractivity contribution in [2.75, 3.05) is 21.2 Å². The van der Waals surface area contributed by atoms with Crippen LogP contribution >= 0.6 is 0 Å². The third-order valence-corrected chi connectivity index (χ3v) is 4.26. The molecule has 1 heterocycles. The molecular weight excluding hydrogens is 338 g/mol. The number of guanidine groups is 1. The Bertz CT molecular complexity index is 871. The maximum Gasteiger partial charge on any atom is 0.193 e. The molecule has 0 atom stereocenters. The van der Waals surface area contributed by atoms with Crippen molar-refractivity contribution in [2.45, 2.75) is 13.1 Å². The Morgan fingerprint density at radius 2 is 1.85 bits per heavy atom. The Kier molecular flexibility index (Phi) is 6.10. The largest absolute Gasteiger partial charge is 0.497 e. The van der Waals surface area contributed by atoms with Crippen molar-refractivity contribution in [1.29, 1.82) is 0 Å². The first-order chi connectivity index (χ1) is 13.2. The Balaban J connectivity index is 1.57. The van der Waals surface area contributed by atoms with Gasteiger partial charge in [-0.05, 0) is 29.8 Å². The van der Waals surface area contributed by atoms with Crippen LogP contribution in [0.15, 0.2) is 72.0 Å². The number of methoxy groups -OCH3 is 1. The molecule has 1 aromatic heterocycles. The summed E-state index contributed by atoms with van der Waals surface area (Å²) in [6.07, 6.45) is 3.90. The van der Waals surface area contributed by atoms with E-state index in [1.165, 1.54) is 5.56 Å². The minimum absolute atomic E-state index is 0.659. The maximum absolute atomic E-state index is 5.21. The van der Waals surface area contributed by atoms with Crippen molar-refractivity contribution >= 4 is 5.96 Å². The van der Waals surface area contributed by atoms with Crippen LogP contribution in [0.1, 0.15) is 11.1 Å². The number of nitrogens with one attached hydrogen (secondary N) is 1. The van der Waals surface area contributed by atoms with E-state index in [0.29, 0.717) is 6.54 Å². The number of aromatic nitrogens is 2. The van der Waals surface area contributed by atoms with Gasteiger partial charge in [0, 0.05) is 38.9 Å². The smallest absolute Gasteiger partial charge is 0.193 e. The van der Waals surface area contributed by atoms with Crippen LogP contribution < -0.4 is 10.1 Å². The van der Waals surface area contributed by atoms with Gasteiger partial charge in [0.1, 0.15) is 5.75 Å². The first kappa shape index (κ1) is 18.5. The molecule has 0 aliphatic heterocycles. The standard InChI is InChI=1S/C21H25N5O/c1-22-21(25(2)15-17-9-11-20(27-3)12-10-17)23-13-18-14-24-26(16-18)19-7-5-4-6-8-19/h4-12,14,16H,13,15H2,1-3H3,(H,22,23). The lowest BCUT2D eigenvalue weighted by atomic mass is 10.2. The number of para-hydroxylation sites is 1. The molecule has 0 radical (unpaired) electrons. The summed E-state index contributed by atoms with van der Waals surface area (Å²) < 4.78 is 7.08. The summed E-state index contributed by atoms with van der Waals surface area (Å²) in [6.45, 7) is 1.42. The molecule has 6 heteroatoms. The van der Waals surface area contributed by atoms with Gasteiger partial charge in [0.15, 0.2) is 5.96 Å². The van der Waals surface area contributed by atoms with E-state index in [4.69, 9.17) is 4.74 Å². The second kappa shape index (κ2) is 8.89. The van der Waals surface area contributed by atoms with Crippen LogP contribution in [0.5, 0.6) is 5.75 Å². The molecule has 0 amide bonds. The van der Waals surface area contributed by atoms with Crippen LogP contribution in [0, 0.1) is 0 Å². The fraction of sp³-hybridized carbons (Fsp3) is 0.238. The number of hydrogen-bond acceptors (Lipinski definition) is 3. The van der Waals surface area contributed by atoms with Gasteiger partial charge in [0.25, 0.3) is 0 Å². The highest BCUT2D eigenvalue weighted by Crippen LogP contribution is 2.13. The Morgan fingerprint density at radius 3 is 2.52 bits per heavy atom. The van der Waals surface area contributed by atoms with Crippen LogP contribution in [-0.4, -0.2) is 41.8 Å².